The molecule has 0 bridgehead atoms. The molecule has 5 heteroatoms. The summed E-state index contributed by atoms with van der Waals surface area (Å²) in [4.78, 5) is 14.6. The predicted octanol–water partition coefficient (Wildman–Crippen LogP) is 2.53. The third-order valence-electron chi connectivity index (χ3n) is 4.67. The van der Waals surface area contributed by atoms with Gasteiger partial charge in [0, 0.05) is 29.8 Å². The Hall–Kier alpha value is -1.07. The molecule has 0 spiro atoms. The molecule has 1 unspecified atom stereocenters. The van der Waals surface area contributed by atoms with E-state index < -0.39 is 0 Å². The Morgan fingerprint density at radius 3 is 2.82 bits per heavy atom. The minimum absolute atomic E-state index is 0.0257. The molecule has 0 saturated carbocycles. The number of rotatable bonds is 4. The van der Waals surface area contributed by atoms with Gasteiger partial charge in [-0.05, 0) is 56.0 Å². The minimum Gasteiger partial charge on any atom is -0.371 e. The normalized spacial score (nSPS) is 25.2. The van der Waals surface area contributed by atoms with E-state index in [0.717, 1.165) is 49.9 Å². The van der Waals surface area contributed by atoms with Gasteiger partial charge in [0.2, 0.25) is 5.91 Å². The number of nitrogens with zero attached hydrogens (tertiary/aromatic N) is 1. The van der Waals surface area contributed by atoms with E-state index in [-0.39, 0.29) is 11.9 Å². The first kappa shape index (κ1) is 15.8. The molecule has 0 aliphatic carbocycles. The number of benzene rings is 1. The Labute approximate surface area is 140 Å². The van der Waals surface area contributed by atoms with Gasteiger partial charge < -0.3 is 15.5 Å². The molecule has 0 aromatic heterocycles. The van der Waals surface area contributed by atoms with E-state index >= 15 is 0 Å². The van der Waals surface area contributed by atoms with Crippen LogP contribution in [0.5, 0.6) is 0 Å². The first-order chi connectivity index (χ1) is 10.7. The standard InChI is InChI=1S/C17H24BrN3O/c18-14-4-6-15(7-5-14)21-10-8-13(12-21)11-20-17(22)16-3-1-2-9-19-16/h4-7,13,16,19H,1-3,8-12H2,(H,20,22)/t13?,16-/m1/s1. The number of carbonyl (C=O) groups is 1. The summed E-state index contributed by atoms with van der Waals surface area (Å²) in [6.45, 7) is 3.87. The molecule has 2 aliphatic rings. The Balaban J connectivity index is 1.44. The molecule has 2 atom stereocenters. The van der Waals surface area contributed by atoms with Gasteiger partial charge in [-0.15, -0.1) is 0 Å². The zero-order valence-corrected chi connectivity index (χ0v) is 14.4. The number of piperidine rings is 1. The van der Waals surface area contributed by atoms with Crippen LogP contribution in [0.15, 0.2) is 28.7 Å². The highest BCUT2D eigenvalue weighted by molar-refractivity contribution is 9.10. The van der Waals surface area contributed by atoms with Crippen molar-refractivity contribution in [1.82, 2.24) is 10.6 Å². The van der Waals surface area contributed by atoms with Gasteiger partial charge in [-0.1, -0.05) is 22.4 Å². The van der Waals surface area contributed by atoms with Crippen LogP contribution in [-0.4, -0.2) is 38.1 Å². The monoisotopic (exact) mass is 365 g/mol. The van der Waals surface area contributed by atoms with Crippen LogP contribution >= 0.6 is 15.9 Å². The number of hydrogen-bond acceptors (Lipinski definition) is 3. The quantitative estimate of drug-likeness (QED) is 0.861. The van der Waals surface area contributed by atoms with Crippen LogP contribution < -0.4 is 15.5 Å². The van der Waals surface area contributed by atoms with Crippen molar-refractivity contribution in [3.63, 3.8) is 0 Å². The van der Waals surface area contributed by atoms with Crippen LogP contribution in [0.4, 0.5) is 5.69 Å². The van der Waals surface area contributed by atoms with Crippen LogP contribution in [0.3, 0.4) is 0 Å². The van der Waals surface area contributed by atoms with E-state index in [1.165, 1.54) is 12.1 Å². The van der Waals surface area contributed by atoms with Crippen molar-refractivity contribution in [2.24, 2.45) is 5.92 Å². The topological polar surface area (TPSA) is 44.4 Å². The number of carbonyl (C=O) groups excluding carboxylic acids is 1. The molecule has 2 saturated heterocycles. The lowest BCUT2D eigenvalue weighted by Crippen LogP contribution is -2.47. The fraction of sp³-hybridized carbons (Fsp3) is 0.588. The van der Waals surface area contributed by atoms with E-state index in [0.29, 0.717) is 5.92 Å². The van der Waals surface area contributed by atoms with Crippen molar-refractivity contribution >= 4 is 27.5 Å². The Bertz CT molecular complexity index is 499. The SMILES string of the molecule is O=C(NCC1CCN(c2ccc(Br)cc2)C1)[C@H]1CCCCN1. The Kier molecular flexibility index (Phi) is 5.37. The molecule has 1 aromatic rings. The summed E-state index contributed by atoms with van der Waals surface area (Å²) in [5.41, 5.74) is 1.27. The third-order valence-corrected chi connectivity index (χ3v) is 5.20. The van der Waals surface area contributed by atoms with Crippen molar-refractivity contribution in [3.05, 3.63) is 28.7 Å². The third kappa shape index (κ3) is 4.02. The van der Waals surface area contributed by atoms with Crippen LogP contribution in [-0.2, 0) is 4.79 Å². The second-order valence-electron chi connectivity index (χ2n) is 6.32. The molecule has 1 aromatic carbocycles. The maximum atomic E-state index is 12.2. The molecule has 0 radical (unpaired) electrons. The van der Waals surface area contributed by atoms with Crippen molar-refractivity contribution in [2.45, 2.75) is 31.7 Å². The summed E-state index contributed by atoms with van der Waals surface area (Å²) in [5, 5.41) is 6.45. The fourth-order valence-electron chi connectivity index (χ4n) is 3.33. The molecule has 2 aliphatic heterocycles. The Morgan fingerprint density at radius 2 is 2.09 bits per heavy atom. The second-order valence-corrected chi connectivity index (χ2v) is 7.24. The summed E-state index contributed by atoms with van der Waals surface area (Å²) in [5.74, 6) is 0.734. The number of nitrogens with one attached hydrogen (secondary N) is 2. The summed E-state index contributed by atoms with van der Waals surface area (Å²) in [6, 6.07) is 8.49. The highest BCUT2D eigenvalue weighted by Gasteiger charge is 2.25. The van der Waals surface area contributed by atoms with Crippen LogP contribution in [0.2, 0.25) is 0 Å². The van der Waals surface area contributed by atoms with E-state index in [1.54, 1.807) is 0 Å². The van der Waals surface area contributed by atoms with Crippen LogP contribution in [0.1, 0.15) is 25.7 Å². The van der Waals surface area contributed by atoms with Gasteiger partial charge in [0.1, 0.15) is 0 Å². The predicted molar refractivity (Wildman–Crippen MR) is 93.1 cm³/mol. The lowest BCUT2D eigenvalue weighted by Gasteiger charge is -2.23. The summed E-state index contributed by atoms with van der Waals surface area (Å²) in [6.07, 6.45) is 4.47. The minimum atomic E-state index is 0.0257. The van der Waals surface area contributed by atoms with E-state index in [4.69, 9.17) is 0 Å². The number of amides is 1. The Morgan fingerprint density at radius 1 is 1.27 bits per heavy atom. The average Bonchev–Trinajstić information content (AvgIpc) is 3.03. The van der Waals surface area contributed by atoms with Gasteiger partial charge in [-0.3, -0.25) is 4.79 Å². The molecule has 120 valence electrons. The molecular formula is C17H24BrN3O. The first-order valence-corrected chi connectivity index (χ1v) is 9.03. The molecule has 2 heterocycles. The average molecular weight is 366 g/mol. The maximum Gasteiger partial charge on any atom is 0.237 e. The van der Waals surface area contributed by atoms with Gasteiger partial charge in [-0.25, -0.2) is 0 Å². The lowest BCUT2D eigenvalue weighted by atomic mass is 10.0. The van der Waals surface area contributed by atoms with Crippen molar-refractivity contribution in [2.75, 3.05) is 31.1 Å². The molecule has 2 fully saturated rings. The highest BCUT2D eigenvalue weighted by Crippen LogP contribution is 2.25. The van der Waals surface area contributed by atoms with Gasteiger partial charge in [0.05, 0.1) is 6.04 Å². The van der Waals surface area contributed by atoms with E-state index in [1.807, 2.05) is 0 Å². The van der Waals surface area contributed by atoms with Gasteiger partial charge >= 0.3 is 0 Å². The van der Waals surface area contributed by atoms with Gasteiger partial charge in [-0.2, -0.15) is 0 Å². The van der Waals surface area contributed by atoms with Crippen LogP contribution in [0, 0.1) is 5.92 Å². The lowest BCUT2D eigenvalue weighted by molar-refractivity contribution is -0.123. The smallest absolute Gasteiger partial charge is 0.237 e. The summed E-state index contributed by atoms with van der Waals surface area (Å²) in [7, 11) is 0. The molecule has 1 amide bonds. The molecular weight excluding hydrogens is 342 g/mol. The largest absolute Gasteiger partial charge is 0.371 e. The molecule has 4 nitrogen and oxygen atoms in total. The second kappa shape index (κ2) is 7.47. The highest BCUT2D eigenvalue weighted by atomic mass is 79.9. The van der Waals surface area contributed by atoms with Crippen LogP contribution in [0.25, 0.3) is 0 Å². The number of halogens is 1. The zero-order valence-electron chi connectivity index (χ0n) is 12.9. The maximum absolute atomic E-state index is 12.2. The molecule has 22 heavy (non-hydrogen) atoms. The van der Waals surface area contributed by atoms with Crippen molar-refractivity contribution < 1.29 is 4.79 Å². The molecule has 3 rings (SSSR count). The van der Waals surface area contributed by atoms with E-state index in [2.05, 4.69) is 55.7 Å². The number of anilines is 1. The summed E-state index contributed by atoms with van der Waals surface area (Å²) < 4.78 is 1.11. The van der Waals surface area contributed by atoms with Gasteiger partial charge in [0.15, 0.2) is 0 Å². The number of hydrogen-bond donors (Lipinski definition) is 2. The molecule has 2 N–H and O–H groups in total. The van der Waals surface area contributed by atoms with Gasteiger partial charge in [0.25, 0.3) is 0 Å². The first-order valence-electron chi connectivity index (χ1n) is 8.24. The fourth-order valence-corrected chi connectivity index (χ4v) is 3.59. The summed E-state index contributed by atoms with van der Waals surface area (Å²) >= 11 is 3.47. The van der Waals surface area contributed by atoms with Crippen molar-refractivity contribution in [3.8, 4) is 0 Å². The van der Waals surface area contributed by atoms with E-state index in [9.17, 15) is 4.79 Å². The zero-order chi connectivity index (χ0) is 15.4. The van der Waals surface area contributed by atoms with Crippen molar-refractivity contribution in [1.29, 1.82) is 0 Å².